The zero-order valence-corrected chi connectivity index (χ0v) is 13.7. The summed E-state index contributed by atoms with van der Waals surface area (Å²) in [7, 11) is 0. The van der Waals surface area contributed by atoms with Crippen LogP contribution in [-0.2, 0) is 12.6 Å². The van der Waals surface area contributed by atoms with Gasteiger partial charge in [0.25, 0.3) is 0 Å². The van der Waals surface area contributed by atoms with E-state index in [1.54, 1.807) is 6.07 Å². The first-order valence-electron chi connectivity index (χ1n) is 8.15. The summed E-state index contributed by atoms with van der Waals surface area (Å²) in [6, 6.07) is 12.1. The van der Waals surface area contributed by atoms with E-state index < -0.39 is 11.7 Å². The Morgan fingerprint density at radius 3 is 2.29 bits per heavy atom. The van der Waals surface area contributed by atoms with E-state index in [1.165, 1.54) is 12.1 Å². The lowest BCUT2D eigenvalue weighted by Crippen LogP contribution is -2.43. The standard InChI is InChI=1S/C19H21F3N2/c1-14-2-4-15(5-3-14)12-16-13-17(19(20,21)22)6-7-18(16)24-10-8-23-9-11-24/h2-7,13,23H,8-12H2,1H3. The van der Waals surface area contributed by atoms with Gasteiger partial charge in [-0.3, -0.25) is 0 Å². The van der Waals surface area contributed by atoms with Crippen molar-refractivity contribution in [2.24, 2.45) is 0 Å². The van der Waals surface area contributed by atoms with Crippen LogP contribution in [0.5, 0.6) is 0 Å². The van der Waals surface area contributed by atoms with Gasteiger partial charge in [-0.05, 0) is 42.7 Å². The fraction of sp³-hybridized carbons (Fsp3) is 0.368. The van der Waals surface area contributed by atoms with Crippen LogP contribution in [0.15, 0.2) is 42.5 Å². The van der Waals surface area contributed by atoms with Gasteiger partial charge < -0.3 is 10.2 Å². The molecule has 0 amide bonds. The average molecular weight is 334 g/mol. The number of nitrogens with one attached hydrogen (secondary N) is 1. The minimum absolute atomic E-state index is 0.503. The van der Waals surface area contributed by atoms with Gasteiger partial charge in [-0.2, -0.15) is 13.2 Å². The summed E-state index contributed by atoms with van der Waals surface area (Å²) in [5.41, 5.74) is 3.23. The van der Waals surface area contributed by atoms with E-state index in [2.05, 4.69) is 10.2 Å². The molecule has 1 aliphatic rings. The van der Waals surface area contributed by atoms with E-state index in [-0.39, 0.29) is 0 Å². The molecule has 0 bridgehead atoms. The molecule has 2 nitrogen and oxygen atoms in total. The normalized spacial score (nSPS) is 15.6. The van der Waals surface area contributed by atoms with Gasteiger partial charge >= 0.3 is 6.18 Å². The zero-order chi connectivity index (χ0) is 17.2. The van der Waals surface area contributed by atoms with Gasteiger partial charge in [0.15, 0.2) is 0 Å². The Hall–Kier alpha value is -2.01. The molecule has 0 spiro atoms. The number of piperazine rings is 1. The Morgan fingerprint density at radius 2 is 1.67 bits per heavy atom. The van der Waals surface area contributed by atoms with Crippen molar-refractivity contribution in [3.63, 3.8) is 0 Å². The number of halogens is 3. The Labute approximate surface area is 140 Å². The van der Waals surface area contributed by atoms with Crippen LogP contribution in [0.2, 0.25) is 0 Å². The van der Waals surface area contributed by atoms with Crippen molar-refractivity contribution in [1.29, 1.82) is 0 Å². The fourth-order valence-electron chi connectivity index (χ4n) is 3.04. The maximum absolute atomic E-state index is 13.1. The second-order valence-corrected chi connectivity index (χ2v) is 6.24. The van der Waals surface area contributed by atoms with E-state index >= 15 is 0 Å². The number of benzene rings is 2. The number of hydrogen-bond acceptors (Lipinski definition) is 2. The molecule has 128 valence electrons. The molecule has 2 aromatic rings. The fourth-order valence-corrected chi connectivity index (χ4v) is 3.04. The summed E-state index contributed by atoms with van der Waals surface area (Å²) in [6.07, 6.45) is -3.81. The van der Waals surface area contributed by atoms with Crippen molar-refractivity contribution >= 4 is 5.69 Å². The minimum Gasteiger partial charge on any atom is -0.369 e. The maximum Gasteiger partial charge on any atom is 0.416 e. The number of rotatable bonds is 3. The highest BCUT2D eigenvalue weighted by Gasteiger charge is 2.31. The highest BCUT2D eigenvalue weighted by atomic mass is 19.4. The van der Waals surface area contributed by atoms with Gasteiger partial charge in [-0.25, -0.2) is 0 Å². The first-order chi connectivity index (χ1) is 11.4. The maximum atomic E-state index is 13.1. The molecular weight excluding hydrogens is 313 g/mol. The monoisotopic (exact) mass is 334 g/mol. The number of nitrogens with zero attached hydrogens (tertiary/aromatic N) is 1. The van der Waals surface area contributed by atoms with Crippen molar-refractivity contribution in [1.82, 2.24) is 5.32 Å². The molecule has 1 heterocycles. The van der Waals surface area contributed by atoms with Crippen molar-refractivity contribution in [3.8, 4) is 0 Å². The molecular formula is C19H21F3N2. The number of hydrogen-bond donors (Lipinski definition) is 1. The van der Waals surface area contributed by atoms with Crippen LogP contribution < -0.4 is 10.2 Å². The van der Waals surface area contributed by atoms with Crippen molar-refractivity contribution in [3.05, 3.63) is 64.7 Å². The molecule has 0 unspecified atom stereocenters. The van der Waals surface area contributed by atoms with Gasteiger partial charge in [0.1, 0.15) is 0 Å². The summed E-state index contributed by atoms with van der Waals surface area (Å²) in [6.45, 7) is 5.33. The van der Waals surface area contributed by atoms with Gasteiger partial charge in [0, 0.05) is 31.9 Å². The van der Waals surface area contributed by atoms with Crippen LogP contribution in [0.25, 0.3) is 0 Å². The van der Waals surface area contributed by atoms with Crippen LogP contribution >= 0.6 is 0 Å². The van der Waals surface area contributed by atoms with Gasteiger partial charge in [-0.15, -0.1) is 0 Å². The van der Waals surface area contributed by atoms with Crippen molar-refractivity contribution in [2.45, 2.75) is 19.5 Å². The van der Waals surface area contributed by atoms with Gasteiger partial charge in [-0.1, -0.05) is 29.8 Å². The first-order valence-corrected chi connectivity index (χ1v) is 8.15. The molecule has 24 heavy (non-hydrogen) atoms. The second-order valence-electron chi connectivity index (χ2n) is 6.24. The summed E-state index contributed by atoms with van der Waals surface area (Å²) >= 11 is 0. The molecule has 1 fully saturated rings. The predicted molar refractivity (Wildman–Crippen MR) is 90.5 cm³/mol. The lowest BCUT2D eigenvalue weighted by atomic mass is 9.99. The molecule has 2 aromatic carbocycles. The highest BCUT2D eigenvalue weighted by Crippen LogP contribution is 2.34. The quantitative estimate of drug-likeness (QED) is 0.912. The van der Waals surface area contributed by atoms with E-state index in [0.717, 1.165) is 48.6 Å². The predicted octanol–water partition coefficient (Wildman–Crippen LogP) is 4.01. The number of alkyl halides is 3. The molecule has 3 rings (SSSR count). The third-order valence-corrected chi connectivity index (χ3v) is 4.38. The number of aryl methyl sites for hydroxylation is 1. The van der Waals surface area contributed by atoms with Crippen LogP contribution in [0.4, 0.5) is 18.9 Å². The molecule has 0 aliphatic carbocycles. The Bertz CT molecular complexity index is 687. The topological polar surface area (TPSA) is 15.3 Å². The summed E-state index contributed by atoms with van der Waals surface area (Å²) in [5.74, 6) is 0. The molecule has 0 atom stereocenters. The Morgan fingerprint density at radius 1 is 1.00 bits per heavy atom. The molecule has 5 heteroatoms. The molecule has 1 N–H and O–H groups in total. The van der Waals surface area contributed by atoms with Crippen LogP contribution in [0, 0.1) is 6.92 Å². The van der Waals surface area contributed by atoms with Crippen LogP contribution in [-0.4, -0.2) is 26.2 Å². The third kappa shape index (κ3) is 3.90. The lowest BCUT2D eigenvalue weighted by molar-refractivity contribution is -0.137. The van der Waals surface area contributed by atoms with E-state index in [4.69, 9.17) is 0 Å². The van der Waals surface area contributed by atoms with E-state index in [9.17, 15) is 13.2 Å². The molecule has 0 aromatic heterocycles. The first kappa shape index (κ1) is 16.8. The van der Waals surface area contributed by atoms with Gasteiger partial charge in [0.2, 0.25) is 0 Å². The third-order valence-electron chi connectivity index (χ3n) is 4.38. The zero-order valence-electron chi connectivity index (χ0n) is 13.7. The highest BCUT2D eigenvalue weighted by molar-refractivity contribution is 5.57. The molecule has 0 radical (unpaired) electrons. The van der Waals surface area contributed by atoms with Crippen LogP contribution in [0.3, 0.4) is 0 Å². The summed E-state index contributed by atoms with van der Waals surface area (Å²) < 4.78 is 39.3. The summed E-state index contributed by atoms with van der Waals surface area (Å²) in [4.78, 5) is 2.17. The minimum atomic E-state index is -4.32. The molecule has 1 aliphatic heterocycles. The average Bonchev–Trinajstić information content (AvgIpc) is 2.57. The van der Waals surface area contributed by atoms with Crippen LogP contribution in [0.1, 0.15) is 22.3 Å². The lowest BCUT2D eigenvalue weighted by Gasteiger charge is -2.31. The van der Waals surface area contributed by atoms with Crippen molar-refractivity contribution in [2.75, 3.05) is 31.1 Å². The van der Waals surface area contributed by atoms with Gasteiger partial charge in [0.05, 0.1) is 5.56 Å². The SMILES string of the molecule is Cc1ccc(Cc2cc(C(F)(F)F)ccc2N2CCNCC2)cc1. The van der Waals surface area contributed by atoms with Crippen molar-refractivity contribution < 1.29 is 13.2 Å². The largest absolute Gasteiger partial charge is 0.416 e. The molecule has 0 saturated carbocycles. The van der Waals surface area contributed by atoms with E-state index in [0.29, 0.717) is 6.42 Å². The molecule has 1 saturated heterocycles. The Balaban J connectivity index is 1.96. The summed E-state index contributed by atoms with van der Waals surface area (Å²) in [5, 5.41) is 3.27. The number of anilines is 1. The van der Waals surface area contributed by atoms with E-state index in [1.807, 2.05) is 31.2 Å². The Kier molecular flexibility index (Phi) is 4.81. The smallest absolute Gasteiger partial charge is 0.369 e. The second kappa shape index (κ2) is 6.85.